The third kappa shape index (κ3) is 1.67. The Kier molecular flexibility index (Phi) is 2.63. The molecule has 1 aromatic rings. The van der Waals surface area contributed by atoms with Crippen LogP contribution in [0.2, 0.25) is 0 Å². The van der Waals surface area contributed by atoms with Crippen molar-refractivity contribution >= 4 is 5.91 Å². The van der Waals surface area contributed by atoms with Gasteiger partial charge < -0.3 is 19.3 Å². The lowest BCUT2D eigenvalue weighted by atomic mass is 10.1. The lowest BCUT2D eigenvalue weighted by Gasteiger charge is -2.44. The molecule has 2 atom stereocenters. The molecule has 19 heavy (non-hydrogen) atoms. The summed E-state index contributed by atoms with van der Waals surface area (Å²) in [7, 11) is 0. The summed E-state index contributed by atoms with van der Waals surface area (Å²) in [5.74, 6) is -0.792. The first kappa shape index (κ1) is 12.2. The molecule has 1 aromatic heterocycles. The number of fused-ring (bicyclic) bond motifs is 2. The maximum absolute atomic E-state index is 12.5. The van der Waals surface area contributed by atoms with Crippen molar-refractivity contribution in [2.75, 3.05) is 6.61 Å². The van der Waals surface area contributed by atoms with Crippen molar-refractivity contribution in [3.05, 3.63) is 27.7 Å². The molecule has 6 heteroatoms. The van der Waals surface area contributed by atoms with Gasteiger partial charge in [-0.1, -0.05) is 0 Å². The van der Waals surface area contributed by atoms with Gasteiger partial charge in [0.25, 0.3) is 5.91 Å². The van der Waals surface area contributed by atoms with Crippen LogP contribution in [0.1, 0.15) is 29.4 Å². The number of hydrogen-bond acceptors (Lipinski definition) is 4. The quantitative estimate of drug-likeness (QED) is 0.738. The van der Waals surface area contributed by atoms with E-state index in [9.17, 15) is 14.7 Å². The molecule has 0 saturated carbocycles. The van der Waals surface area contributed by atoms with Crippen molar-refractivity contribution in [2.24, 2.45) is 0 Å². The Hall–Kier alpha value is -1.82. The third-order valence-corrected chi connectivity index (χ3v) is 3.86. The fourth-order valence-corrected chi connectivity index (χ4v) is 2.80. The van der Waals surface area contributed by atoms with E-state index in [0.717, 1.165) is 6.42 Å². The number of ether oxygens (including phenoxy) is 1. The molecule has 0 aliphatic carbocycles. The molecule has 0 radical (unpaired) electrons. The van der Waals surface area contributed by atoms with E-state index in [0.29, 0.717) is 18.7 Å². The van der Waals surface area contributed by atoms with Gasteiger partial charge in [-0.2, -0.15) is 0 Å². The number of amides is 1. The summed E-state index contributed by atoms with van der Waals surface area (Å²) in [6.45, 7) is 4.64. The predicted molar refractivity (Wildman–Crippen MR) is 67.1 cm³/mol. The lowest BCUT2D eigenvalue weighted by molar-refractivity contribution is -0.112. The SMILES string of the molecule is Cc1cn2c(c(O)c1=O)C(=O)N1C(C2)OCC[C@H]1C. The summed E-state index contributed by atoms with van der Waals surface area (Å²) >= 11 is 0. The van der Waals surface area contributed by atoms with Crippen molar-refractivity contribution in [3.8, 4) is 5.75 Å². The molecule has 0 bridgehead atoms. The molecule has 1 saturated heterocycles. The Morgan fingerprint density at radius 1 is 1.42 bits per heavy atom. The van der Waals surface area contributed by atoms with Crippen molar-refractivity contribution in [2.45, 2.75) is 39.1 Å². The summed E-state index contributed by atoms with van der Waals surface area (Å²) in [4.78, 5) is 25.9. The molecule has 0 aromatic carbocycles. The number of aromatic nitrogens is 1. The number of carbonyl (C=O) groups is 1. The van der Waals surface area contributed by atoms with Crippen molar-refractivity contribution in [1.29, 1.82) is 0 Å². The van der Waals surface area contributed by atoms with E-state index in [4.69, 9.17) is 4.74 Å². The molecule has 102 valence electrons. The Labute approximate surface area is 110 Å². The molecule has 3 heterocycles. The van der Waals surface area contributed by atoms with Gasteiger partial charge in [0.1, 0.15) is 0 Å². The Morgan fingerprint density at radius 2 is 2.16 bits per heavy atom. The van der Waals surface area contributed by atoms with Gasteiger partial charge in [-0.3, -0.25) is 9.59 Å². The molecule has 1 unspecified atom stereocenters. The Morgan fingerprint density at radius 3 is 2.89 bits per heavy atom. The number of carbonyl (C=O) groups excluding carboxylic acids is 1. The molecule has 3 rings (SSSR count). The van der Waals surface area contributed by atoms with E-state index in [-0.39, 0.29) is 23.9 Å². The second-order valence-corrected chi connectivity index (χ2v) is 5.17. The first-order valence-corrected chi connectivity index (χ1v) is 6.38. The van der Waals surface area contributed by atoms with Crippen LogP contribution in [0.4, 0.5) is 0 Å². The smallest absolute Gasteiger partial charge is 0.276 e. The topological polar surface area (TPSA) is 71.8 Å². The van der Waals surface area contributed by atoms with Crippen LogP contribution in [-0.4, -0.2) is 39.4 Å². The first-order valence-electron chi connectivity index (χ1n) is 6.38. The van der Waals surface area contributed by atoms with Gasteiger partial charge in [-0.15, -0.1) is 0 Å². The van der Waals surface area contributed by atoms with E-state index < -0.39 is 11.2 Å². The van der Waals surface area contributed by atoms with Gasteiger partial charge in [0.15, 0.2) is 17.7 Å². The fourth-order valence-electron chi connectivity index (χ4n) is 2.80. The van der Waals surface area contributed by atoms with E-state index in [1.807, 2.05) is 6.92 Å². The zero-order chi connectivity index (χ0) is 13.7. The fraction of sp³-hybridized carbons (Fsp3) is 0.538. The van der Waals surface area contributed by atoms with Crippen molar-refractivity contribution in [3.63, 3.8) is 0 Å². The van der Waals surface area contributed by atoms with Gasteiger partial charge in [0.2, 0.25) is 5.43 Å². The first-order chi connectivity index (χ1) is 9.00. The Bertz CT molecular complexity index is 607. The minimum Gasteiger partial charge on any atom is -0.503 e. The molecular formula is C13H16N2O4. The summed E-state index contributed by atoms with van der Waals surface area (Å²) in [6.07, 6.45) is 2.05. The minimum absolute atomic E-state index is 0.0517. The summed E-state index contributed by atoms with van der Waals surface area (Å²) in [5.41, 5.74) is 0.0131. The number of pyridine rings is 1. The second-order valence-electron chi connectivity index (χ2n) is 5.17. The normalized spacial score (nSPS) is 26.0. The van der Waals surface area contributed by atoms with E-state index in [1.54, 1.807) is 22.6 Å². The highest BCUT2D eigenvalue weighted by Crippen LogP contribution is 2.28. The van der Waals surface area contributed by atoms with Crippen molar-refractivity contribution in [1.82, 2.24) is 9.47 Å². The molecule has 1 N–H and O–H groups in total. The molecule has 1 amide bonds. The van der Waals surface area contributed by atoms with Crippen LogP contribution in [0, 0.1) is 6.92 Å². The van der Waals surface area contributed by atoms with Crippen LogP contribution in [0.3, 0.4) is 0 Å². The van der Waals surface area contributed by atoms with Crippen LogP contribution in [0.5, 0.6) is 5.75 Å². The van der Waals surface area contributed by atoms with Crippen molar-refractivity contribution < 1.29 is 14.6 Å². The van der Waals surface area contributed by atoms with E-state index in [2.05, 4.69) is 0 Å². The third-order valence-electron chi connectivity index (χ3n) is 3.86. The van der Waals surface area contributed by atoms with E-state index >= 15 is 0 Å². The summed E-state index contributed by atoms with van der Waals surface area (Å²) in [5, 5.41) is 9.95. The predicted octanol–water partition coefficient (Wildman–Crippen LogP) is 0.453. The molecule has 1 fully saturated rings. The molecule has 6 nitrogen and oxygen atoms in total. The molecule has 2 aliphatic heterocycles. The summed E-state index contributed by atoms with van der Waals surface area (Å²) < 4.78 is 7.23. The zero-order valence-electron chi connectivity index (χ0n) is 10.9. The number of rotatable bonds is 0. The highest BCUT2D eigenvalue weighted by molar-refractivity contribution is 5.96. The standard InChI is InChI=1S/C13H16N2O4/c1-7-5-14-6-9-15(8(2)3-4-19-9)13(18)10(14)12(17)11(7)16/h5,8-9,17H,3-4,6H2,1-2H3/t8-,9?/m1/s1. The maximum atomic E-state index is 12.5. The monoisotopic (exact) mass is 264 g/mol. The summed E-state index contributed by atoms with van der Waals surface area (Å²) in [6, 6.07) is 0.0517. The Balaban J connectivity index is 2.16. The lowest BCUT2D eigenvalue weighted by Crippen LogP contribution is -2.56. The average Bonchev–Trinajstić information content (AvgIpc) is 2.35. The van der Waals surface area contributed by atoms with Gasteiger partial charge in [-0.05, 0) is 20.3 Å². The average molecular weight is 264 g/mol. The van der Waals surface area contributed by atoms with Crippen LogP contribution in [0.25, 0.3) is 0 Å². The van der Waals surface area contributed by atoms with E-state index in [1.165, 1.54) is 0 Å². The second kappa shape index (κ2) is 4.09. The highest BCUT2D eigenvalue weighted by Gasteiger charge is 2.40. The number of aryl methyl sites for hydroxylation is 1. The van der Waals surface area contributed by atoms with Crippen LogP contribution >= 0.6 is 0 Å². The number of aromatic hydroxyl groups is 1. The van der Waals surface area contributed by atoms with Gasteiger partial charge >= 0.3 is 0 Å². The number of nitrogens with zero attached hydrogens (tertiary/aromatic N) is 2. The van der Waals surface area contributed by atoms with Gasteiger partial charge in [0.05, 0.1) is 13.2 Å². The minimum atomic E-state index is -0.483. The van der Waals surface area contributed by atoms with Crippen LogP contribution in [0.15, 0.2) is 11.0 Å². The highest BCUT2D eigenvalue weighted by atomic mass is 16.5. The van der Waals surface area contributed by atoms with Crippen LogP contribution < -0.4 is 5.43 Å². The maximum Gasteiger partial charge on any atom is 0.276 e. The van der Waals surface area contributed by atoms with Gasteiger partial charge in [-0.25, -0.2) is 0 Å². The van der Waals surface area contributed by atoms with Gasteiger partial charge in [0, 0.05) is 17.8 Å². The largest absolute Gasteiger partial charge is 0.503 e. The molecular weight excluding hydrogens is 248 g/mol. The molecule has 0 spiro atoms. The van der Waals surface area contributed by atoms with Crippen LogP contribution in [-0.2, 0) is 11.3 Å². The number of hydrogen-bond donors (Lipinski definition) is 1. The molecule has 2 aliphatic rings. The zero-order valence-corrected chi connectivity index (χ0v) is 10.9.